The standard InChI is InChI=1S/C67H107NO10/c1-4-7-10-13-16-19-22-25-27-29-31-33-35-37-40-43-46-49-52-55-62(72)78-65-64(74)63(73)61(56-69)77-67(65)76-57-58(59(70)53-50-47-44-41-38-24-21-18-15-12-9-6-3)68-66(75)60(71)54-51-48-45-42-39-36-34-32-30-28-26-23-20-17-14-11-8-5-2/h7-8,10-11,16-17,19-20,25-28,31-34,37,39-40,42,46,49-50,53,58-61,63-65,67,69-71,73-74H,4-6,9,12-15,18,21-24,29-30,35-36,38,41,43-45,47-48,51-52,54-57H2,1-3H3,(H,68,75)/b10-7-,11-8-,19-16-,20-17-,27-25-,28-26-,33-31-,34-32-,40-37-,42-39-,49-46-,53-50+. The number of nitrogens with one attached hydrogen (secondary N) is 1. The van der Waals surface area contributed by atoms with E-state index in [1.54, 1.807) is 6.08 Å². The Morgan fingerprint density at radius 1 is 0.513 bits per heavy atom. The average molecular weight is 1090 g/mol. The van der Waals surface area contributed by atoms with Gasteiger partial charge in [0.1, 0.15) is 24.4 Å². The maximum Gasteiger partial charge on any atom is 0.306 e. The summed E-state index contributed by atoms with van der Waals surface area (Å²) in [5, 5.41) is 56.9. The minimum absolute atomic E-state index is 0.0148. The van der Waals surface area contributed by atoms with Gasteiger partial charge in [0.15, 0.2) is 12.4 Å². The van der Waals surface area contributed by atoms with Crippen LogP contribution in [0.3, 0.4) is 0 Å². The number of hydrogen-bond acceptors (Lipinski definition) is 10. The summed E-state index contributed by atoms with van der Waals surface area (Å²) >= 11 is 0. The molecular weight excluding hydrogens is 979 g/mol. The van der Waals surface area contributed by atoms with Crippen molar-refractivity contribution in [2.45, 2.75) is 250 Å². The fourth-order valence-electron chi connectivity index (χ4n) is 8.29. The van der Waals surface area contributed by atoms with Crippen LogP contribution in [0.15, 0.2) is 146 Å². The zero-order chi connectivity index (χ0) is 56.8. The Balaban J connectivity index is 2.79. The van der Waals surface area contributed by atoms with E-state index in [1.165, 1.54) is 44.9 Å². The molecule has 1 amide bonds. The molecule has 0 spiro atoms. The van der Waals surface area contributed by atoms with Crippen molar-refractivity contribution in [3.8, 4) is 0 Å². The lowest BCUT2D eigenvalue weighted by Gasteiger charge is -2.41. The van der Waals surface area contributed by atoms with Crippen molar-refractivity contribution in [1.29, 1.82) is 0 Å². The molecule has 8 atom stereocenters. The van der Waals surface area contributed by atoms with Gasteiger partial charge in [-0.3, -0.25) is 9.59 Å². The fourth-order valence-corrected chi connectivity index (χ4v) is 8.29. The van der Waals surface area contributed by atoms with Gasteiger partial charge in [-0.2, -0.15) is 0 Å². The van der Waals surface area contributed by atoms with Crippen molar-refractivity contribution in [2.75, 3.05) is 13.2 Å². The molecule has 6 N–H and O–H groups in total. The number of rotatable bonds is 48. The molecule has 1 fully saturated rings. The van der Waals surface area contributed by atoms with Crippen molar-refractivity contribution in [3.05, 3.63) is 146 Å². The first-order chi connectivity index (χ1) is 38.2. The third-order valence-electron chi connectivity index (χ3n) is 13.0. The average Bonchev–Trinajstić information content (AvgIpc) is 3.45. The normalized spacial score (nSPS) is 20.0. The van der Waals surface area contributed by atoms with Crippen LogP contribution in [-0.4, -0.2) is 99.6 Å². The highest BCUT2D eigenvalue weighted by Gasteiger charge is 2.47. The number of unbranched alkanes of at least 4 members (excludes halogenated alkanes) is 12. The van der Waals surface area contributed by atoms with Crippen molar-refractivity contribution in [1.82, 2.24) is 5.32 Å². The number of aliphatic hydroxyl groups is 5. The SMILES string of the molecule is CC/C=C\C/C=C\C/C=C\C/C=C\C/C=C\C/C=C\CCC(=O)OC1C(OCC(NC(=O)C(O)CCCC/C=C\C/C=C\C/C=C\C/C=C\C/C=C\CC)C(O)/C=C/CCCCCCCCCCCC)OC(CO)C(O)C1O. The number of hydrogen-bond donors (Lipinski definition) is 6. The molecular formula is C67H107NO10. The van der Waals surface area contributed by atoms with E-state index in [4.69, 9.17) is 14.2 Å². The fraction of sp³-hybridized carbons (Fsp3) is 0.612. The van der Waals surface area contributed by atoms with Gasteiger partial charge >= 0.3 is 5.97 Å². The van der Waals surface area contributed by atoms with E-state index in [2.05, 4.69) is 148 Å². The molecule has 8 unspecified atom stereocenters. The Bertz CT molecular complexity index is 1820. The van der Waals surface area contributed by atoms with Gasteiger partial charge < -0.3 is 45.1 Å². The molecule has 0 aromatic heterocycles. The molecule has 1 heterocycles. The lowest BCUT2D eigenvalue weighted by atomic mass is 9.99. The quantitative estimate of drug-likeness (QED) is 0.0195. The second-order valence-corrected chi connectivity index (χ2v) is 20.0. The Morgan fingerprint density at radius 2 is 0.923 bits per heavy atom. The summed E-state index contributed by atoms with van der Waals surface area (Å²) < 4.78 is 17.5. The van der Waals surface area contributed by atoms with Crippen LogP contribution in [0, 0.1) is 0 Å². The maximum absolute atomic E-state index is 13.4. The monoisotopic (exact) mass is 1090 g/mol. The molecule has 440 valence electrons. The highest BCUT2D eigenvalue weighted by atomic mass is 16.7. The van der Waals surface area contributed by atoms with Crippen molar-refractivity contribution >= 4 is 11.9 Å². The molecule has 1 saturated heterocycles. The number of carbonyl (C=O) groups excluding carboxylic acids is 2. The summed E-state index contributed by atoms with van der Waals surface area (Å²) in [6.07, 6.45) is 66.1. The van der Waals surface area contributed by atoms with Gasteiger partial charge in [0.2, 0.25) is 5.91 Å². The van der Waals surface area contributed by atoms with Gasteiger partial charge in [-0.15, -0.1) is 0 Å². The zero-order valence-corrected chi connectivity index (χ0v) is 48.5. The van der Waals surface area contributed by atoms with Crippen LogP contribution in [0.2, 0.25) is 0 Å². The first kappa shape index (κ1) is 71.6. The van der Waals surface area contributed by atoms with Crippen LogP contribution in [0.1, 0.15) is 201 Å². The number of amides is 1. The highest BCUT2D eigenvalue weighted by molar-refractivity contribution is 5.80. The van der Waals surface area contributed by atoms with E-state index in [-0.39, 0.29) is 19.4 Å². The molecule has 78 heavy (non-hydrogen) atoms. The van der Waals surface area contributed by atoms with E-state index in [0.29, 0.717) is 19.3 Å². The smallest absolute Gasteiger partial charge is 0.306 e. The molecule has 0 aliphatic carbocycles. The maximum atomic E-state index is 13.4. The molecule has 0 saturated carbocycles. The predicted molar refractivity (Wildman–Crippen MR) is 324 cm³/mol. The highest BCUT2D eigenvalue weighted by Crippen LogP contribution is 2.26. The molecule has 1 rings (SSSR count). The second-order valence-electron chi connectivity index (χ2n) is 20.0. The van der Waals surface area contributed by atoms with Gasteiger partial charge in [-0.25, -0.2) is 0 Å². The van der Waals surface area contributed by atoms with E-state index in [1.807, 2.05) is 18.2 Å². The Labute approximate surface area is 473 Å². The predicted octanol–water partition coefficient (Wildman–Crippen LogP) is 14.2. The molecule has 0 radical (unpaired) electrons. The Morgan fingerprint density at radius 3 is 1.38 bits per heavy atom. The second kappa shape index (κ2) is 53.2. The molecule has 1 aliphatic heterocycles. The first-order valence-corrected chi connectivity index (χ1v) is 30.1. The Kier molecular flexibility index (Phi) is 48.8. The Hall–Kier alpha value is -4.46. The number of aliphatic hydroxyl groups excluding tert-OH is 5. The minimum Gasteiger partial charge on any atom is -0.454 e. The van der Waals surface area contributed by atoms with Gasteiger partial charge in [0, 0.05) is 6.42 Å². The lowest BCUT2D eigenvalue weighted by molar-refractivity contribution is -0.305. The van der Waals surface area contributed by atoms with Gasteiger partial charge in [-0.05, 0) is 109 Å². The van der Waals surface area contributed by atoms with E-state index in [0.717, 1.165) is 103 Å². The molecule has 0 bridgehead atoms. The lowest BCUT2D eigenvalue weighted by Crippen LogP contribution is -2.61. The minimum atomic E-state index is -1.66. The number of esters is 1. The molecule has 11 heteroatoms. The largest absolute Gasteiger partial charge is 0.454 e. The molecule has 0 aromatic carbocycles. The summed E-state index contributed by atoms with van der Waals surface area (Å²) in [5.41, 5.74) is 0. The van der Waals surface area contributed by atoms with E-state index in [9.17, 15) is 35.1 Å². The van der Waals surface area contributed by atoms with Crippen LogP contribution >= 0.6 is 0 Å². The first-order valence-electron chi connectivity index (χ1n) is 30.1. The number of carbonyl (C=O) groups is 2. The summed E-state index contributed by atoms with van der Waals surface area (Å²) in [6.45, 7) is 5.47. The van der Waals surface area contributed by atoms with Crippen molar-refractivity contribution in [2.24, 2.45) is 0 Å². The topological polar surface area (TPSA) is 175 Å². The van der Waals surface area contributed by atoms with Gasteiger partial charge in [-0.1, -0.05) is 231 Å². The third kappa shape index (κ3) is 40.7. The third-order valence-corrected chi connectivity index (χ3v) is 13.0. The van der Waals surface area contributed by atoms with Crippen LogP contribution in [0.5, 0.6) is 0 Å². The summed E-state index contributed by atoms with van der Waals surface area (Å²) in [5.74, 6) is -1.33. The van der Waals surface area contributed by atoms with Crippen LogP contribution in [0.25, 0.3) is 0 Å². The summed E-state index contributed by atoms with van der Waals surface area (Å²) in [6, 6.07) is -1.07. The molecule has 1 aliphatic rings. The van der Waals surface area contributed by atoms with Gasteiger partial charge in [0.25, 0.3) is 0 Å². The summed E-state index contributed by atoms with van der Waals surface area (Å²) in [4.78, 5) is 26.5. The van der Waals surface area contributed by atoms with Crippen LogP contribution in [0.4, 0.5) is 0 Å². The van der Waals surface area contributed by atoms with E-state index >= 15 is 0 Å². The number of allylic oxidation sites excluding steroid dienone is 23. The van der Waals surface area contributed by atoms with Gasteiger partial charge in [0.05, 0.1) is 25.4 Å². The number of ether oxygens (including phenoxy) is 3. The van der Waals surface area contributed by atoms with Crippen LogP contribution in [-0.2, 0) is 23.8 Å². The van der Waals surface area contributed by atoms with Crippen molar-refractivity contribution in [3.63, 3.8) is 0 Å². The van der Waals surface area contributed by atoms with E-state index < -0.39 is 67.4 Å². The zero-order valence-electron chi connectivity index (χ0n) is 48.5. The molecule has 0 aromatic rings. The summed E-state index contributed by atoms with van der Waals surface area (Å²) in [7, 11) is 0. The van der Waals surface area contributed by atoms with Crippen LogP contribution < -0.4 is 5.32 Å². The molecule has 11 nitrogen and oxygen atoms in total. The van der Waals surface area contributed by atoms with Crippen molar-refractivity contribution < 1.29 is 49.3 Å².